The van der Waals surface area contributed by atoms with E-state index in [4.69, 9.17) is 4.74 Å². The fourth-order valence-electron chi connectivity index (χ4n) is 2.23. The van der Waals surface area contributed by atoms with Crippen molar-refractivity contribution in [2.24, 2.45) is 0 Å². The number of rotatable bonds is 8. The molecular formula is C19H20N2O5. The third-order valence-corrected chi connectivity index (χ3v) is 3.60. The molecule has 0 bridgehead atoms. The Balaban J connectivity index is 1.87. The average Bonchev–Trinajstić information content (AvgIpc) is 2.70. The van der Waals surface area contributed by atoms with Crippen molar-refractivity contribution in [3.8, 4) is 0 Å². The van der Waals surface area contributed by atoms with Crippen LogP contribution in [-0.2, 0) is 20.9 Å². The zero-order chi connectivity index (χ0) is 18.8. The summed E-state index contributed by atoms with van der Waals surface area (Å²) in [6, 6.07) is 13.2. The van der Waals surface area contributed by atoms with E-state index in [-0.39, 0.29) is 25.2 Å². The molecule has 26 heavy (non-hydrogen) atoms. The van der Waals surface area contributed by atoms with Crippen LogP contribution in [0.5, 0.6) is 0 Å². The third-order valence-electron chi connectivity index (χ3n) is 3.60. The van der Waals surface area contributed by atoms with Crippen LogP contribution >= 0.6 is 0 Å². The summed E-state index contributed by atoms with van der Waals surface area (Å²) in [7, 11) is 1.22. The van der Waals surface area contributed by atoms with Crippen LogP contribution in [-0.4, -0.2) is 36.0 Å². The Kier molecular flexibility index (Phi) is 7.30. The number of pyridine rings is 1. The largest absolute Gasteiger partial charge is 0.467 e. The molecule has 1 amide bonds. The monoisotopic (exact) mass is 356 g/mol. The molecule has 1 atom stereocenters. The van der Waals surface area contributed by atoms with E-state index >= 15 is 0 Å². The quantitative estimate of drug-likeness (QED) is 0.577. The molecule has 1 aromatic heterocycles. The molecule has 2 rings (SSSR count). The smallest absolute Gasteiger partial charge is 0.408 e. The summed E-state index contributed by atoms with van der Waals surface area (Å²) < 4.78 is 9.77. The Morgan fingerprint density at radius 3 is 2.46 bits per heavy atom. The number of Topliss-reactive ketones (excluding diaryl/α,β-unsaturated/α-hetero) is 1. The van der Waals surface area contributed by atoms with E-state index < -0.39 is 18.1 Å². The first-order chi connectivity index (χ1) is 12.6. The number of ether oxygens (including phenoxy) is 2. The van der Waals surface area contributed by atoms with Gasteiger partial charge in [-0.2, -0.15) is 0 Å². The lowest BCUT2D eigenvalue weighted by Gasteiger charge is -2.16. The highest BCUT2D eigenvalue weighted by molar-refractivity contribution is 5.94. The lowest BCUT2D eigenvalue weighted by Crippen LogP contribution is -2.42. The van der Waals surface area contributed by atoms with Crippen LogP contribution in [0.2, 0.25) is 0 Å². The van der Waals surface area contributed by atoms with E-state index in [1.807, 2.05) is 30.3 Å². The number of carbonyl (C=O) groups excluding carboxylic acids is 3. The molecule has 0 spiro atoms. The molecule has 0 saturated heterocycles. The minimum atomic E-state index is -0.976. The van der Waals surface area contributed by atoms with Gasteiger partial charge in [0.1, 0.15) is 18.3 Å². The number of ketones is 1. The van der Waals surface area contributed by atoms with Gasteiger partial charge in [0.05, 0.1) is 7.11 Å². The van der Waals surface area contributed by atoms with Crippen LogP contribution in [0.25, 0.3) is 0 Å². The second kappa shape index (κ2) is 9.93. The fourth-order valence-corrected chi connectivity index (χ4v) is 2.23. The summed E-state index contributed by atoms with van der Waals surface area (Å²) in [5, 5.41) is 2.44. The molecule has 2 aromatic rings. The molecule has 1 aromatic carbocycles. The molecule has 0 radical (unpaired) electrons. The second-order valence-corrected chi connectivity index (χ2v) is 5.46. The molecule has 0 aliphatic heterocycles. The number of aromatic nitrogens is 1. The maximum Gasteiger partial charge on any atom is 0.408 e. The summed E-state index contributed by atoms with van der Waals surface area (Å²) in [6.45, 7) is 0.0768. The number of esters is 1. The van der Waals surface area contributed by atoms with Gasteiger partial charge in [-0.3, -0.25) is 9.78 Å². The number of hydrogen-bond donors (Lipinski definition) is 1. The van der Waals surface area contributed by atoms with Gasteiger partial charge in [-0.25, -0.2) is 9.59 Å². The van der Waals surface area contributed by atoms with E-state index in [2.05, 4.69) is 15.0 Å². The maximum atomic E-state index is 12.1. The Hall–Kier alpha value is -3.22. The van der Waals surface area contributed by atoms with Gasteiger partial charge in [-0.15, -0.1) is 0 Å². The van der Waals surface area contributed by atoms with Gasteiger partial charge in [0.25, 0.3) is 0 Å². The molecule has 0 unspecified atom stereocenters. The lowest BCUT2D eigenvalue weighted by molar-refractivity contribution is -0.143. The number of hydrogen-bond acceptors (Lipinski definition) is 6. The number of benzene rings is 1. The number of nitrogens with one attached hydrogen (secondary N) is 1. The average molecular weight is 356 g/mol. The second-order valence-electron chi connectivity index (χ2n) is 5.46. The Morgan fingerprint density at radius 2 is 1.81 bits per heavy atom. The molecular weight excluding hydrogens is 336 g/mol. The first-order valence-electron chi connectivity index (χ1n) is 8.09. The highest BCUT2D eigenvalue weighted by atomic mass is 16.6. The number of amides is 1. The summed E-state index contributed by atoms with van der Waals surface area (Å²) in [5.41, 5.74) is 1.13. The van der Waals surface area contributed by atoms with Crippen molar-refractivity contribution in [2.75, 3.05) is 7.11 Å². The van der Waals surface area contributed by atoms with E-state index in [9.17, 15) is 14.4 Å². The Bertz CT molecular complexity index is 734. The first-order valence-corrected chi connectivity index (χ1v) is 8.09. The van der Waals surface area contributed by atoms with Crippen molar-refractivity contribution in [2.45, 2.75) is 25.5 Å². The number of methoxy groups -OCH3 is 1. The van der Waals surface area contributed by atoms with Crippen LogP contribution in [0.3, 0.4) is 0 Å². The lowest BCUT2D eigenvalue weighted by atomic mass is 10.1. The van der Waals surface area contributed by atoms with Crippen molar-refractivity contribution >= 4 is 17.8 Å². The fraction of sp³-hybridized carbons (Fsp3) is 0.263. The summed E-state index contributed by atoms with van der Waals surface area (Å²) in [4.78, 5) is 39.8. The van der Waals surface area contributed by atoms with Crippen molar-refractivity contribution in [3.63, 3.8) is 0 Å². The van der Waals surface area contributed by atoms with Crippen molar-refractivity contribution in [3.05, 3.63) is 66.0 Å². The van der Waals surface area contributed by atoms with Gasteiger partial charge < -0.3 is 14.8 Å². The summed E-state index contributed by atoms with van der Waals surface area (Å²) in [5.74, 6) is -0.866. The molecule has 7 nitrogen and oxygen atoms in total. The Labute approximate surface area is 151 Å². The third kappa shape index (κ3) is 6.01. The zero-order valence-electron chi connectivity index (χ0n) is 14.4. The highest BCUT2D eigenvalue weighted by Gasteiger charge is 2.23. The normalized spacial score (nSPS) is 11.3. The van der Waals surface area contributed by atoms with Crippen LogP contribution in [0.15, 0.2) is 54.7 Å². The van der Waals surface area contributed by atoms with Crippen LogP contribution in [0, 0.1) is 0 Å². The molecule has 136 valence electrons. The van der Waals surface area contributed by atoms with Gasteiger partial charge >= 0.3 is 12.1 Å². The van der Waals surface area contributed by atoms with Crippen molar-refractivity contribution < 1.29 is 23.9 Å². The molecule has 1 N–H and O–H groups in total. The predicted octanol–water partition coefficient (Wildman–Crippen LogP) is 2.51. The molecule has 7 heteroatoms. The molecule has 0 fully saturated rings. The number of alkyl carbamates (subject to hydrolysis) is 1. The number of nitrogens with zero attached hydrogens (tertiary/aromatic N) is 1. The Morgan fingerprint density at radius 1 is 1.08 bits per heavy atom. The van der Waals surface area contributed by atoms with Gasteiger partial charge in [0.2, 0.25) is 0 Å². The zero-order valence-corrected chi connectivity index (χ0v) is 14.4. The van der Waals surface area contributed by atoms with E-state index in [1.54, 1.807) is 18.2 Å². The van der Waals surface area contributed by atoms with Crippen LogP contribution in [0.1, 0.15) is 28.9 Å². The molecule has 1 heterocycles. The van der Waals surface area contributed by atoms with Crippen LogP contribution in [0.4, 0.5) is 4.79 Å². The SMILES string of the molecule is COC(=O)[C@H](CCC(=O)c1ccccn1)NC(=O)OCc1ccccc1. The van der Waals surface area contributed by atoms with E-state index in [1.165, 1.54) is 13.3 Å². The minimum absolute atomic E-state index is 0.0374. The molecule has 0 aliphatic carbocycles. The van der Waals surface area contributed by atoms with Crippen molar-refractivity contribution in [1.82, 2.24) is 10.3 Å². The maximum absolute atomic E-state index is 12.1. The van der Waals surface area contributed by atoms with E-state index in [0.717, 1.165) is 5.56 Å². The van der Waals surface area contributed by atoms with Gasteiger partial charge in [0.15, 0.2) is 5.78 Å². The topological polar surface area (TPSA) is 94.6 Å². The predicted molar refractivity (Wildman–Crippen MR) is 93.4 cm³/mol. The van der Waals surface area contributed by atoms with Crippen LogP contribution < -0.4 is 5.32 Å². The minimum Gasteiger partial charge on any atom is -0.467 e. The van der Waals surface area contributed by atoms with Crippen molar-refractivity contribution in [1.29, 1.82) is 0 Å². The van der Waals surface area contributed by atoms with E-state index in [0.29, 0.717) is 5.69 Å². The molecule has 0 aliphatic rings. The summed E-state index contributed by atoms with van der Waals surface area (Å²) >= 11 is 0. The first kappa shape index (κ1) is 19.1. The summed E-state index contributed by atoms with van der Waals surface area (Å²) in [6.07, 6.45) is 0.886. The van der Waals surface area contributed by atoms with Gasteiger partial charge in [-0.05, 0) is 24.1 Å². The molecule has 0 saturated carbocycles. The standard InChI is InChI=1S/C19H20N2O5/c1-25-18(23)16(10-11-17(22)15-9-5-6-12-20-15)21-19(24)26-13-14-7-3-2-4-8-14/h2-9,12,16H,10-11,13H2,1H3,(H,21,24)/t16-/m0/s1. The van der Waals surface area contributed by atoms with Gasteiger partial charge in [-0.1, -0.05) is 36.4 Å². The van der Waals surface area contributed by atoms with Gasteiger partial charge in [0, 0.05) is 12.6 Å². The highest BCUT2D eigenvalue weighted by Crippen LogP contribution is 2.07. The number of carbonyl (C=O) groups is 3.